The molecule has 24 heavy (non-hydrogen) atoms. The van der Waals surface area contributed by atoms with Gasteiger partial charge < -0.3 is 15.0 Å². The Bertz CT molecular complexity index is 587. The van der Waals surface area contributed by atoms with Crippen LogP contribution >= 0.6 is 0 Å². The van der Waals surface area contributed by atoms with E-state index in [2.05, 4.69) is 10.3 Å². The summed E-state index contributed by atoms with van der Waals surface area (Å²) in [6, 6.07) is 3.51. The standard InChI is InChI=1S/C18H25N3O3/c1-13(2)17(23)21-11-18(12-21)6-5-14(10-24-18)8-20-16(22)15-4-3-7-19-9-15/h3-4,7,9,13-14H,5-6,8,10-12H2,1-2H3,(H,20,22). The number of pyridine rings is 1. The molecule has 1 unspecified atom stereocenters. The van der Waals surface area contributed by atoms with Gasteiger partial charge in [0.25, 0.3) is 5.91 Å². The Balaban J connectivity index is 1.40. The summed E-state index contributed by atoms with van der Waals surface area (Å²) in [6.45, 7) is 6.51. The van der Waals surface area contributed by atoms with Crippen molar-refractivity contribution >= 4 is 11.8 Å². The van der Waals surface area contributed by atoms with Crippen molar-refractivity contribution in [1.29, 1.82) is 0 Å². The van der Waals surface area contributed by atoms with E-state index < -0.39 is 0 Å². The van der Waals surface area contributed by atoms with Crippen LogP contribution in [0.1, 0.15) is 37.0 Å². The summed E-state index contributed by atoms with van der Waals surface area (Å²) in [4.78, 5) is 29.8. The Labute approximate surface area is 142 Å². The van der Waals surface area contributed by atoms with Gasteiger partial charge in [0, 0.05) is 24.9 Å². The van der Waals surface area contributed by atoms with Crippen LogP contribution in [-0.4, -0.2) is 53.5 Å². The van der Waals surface area contributed by atoms with Crippen molar-refractivity contribution in [3.63, 3.8) is 0 Å². The highest BCUT2D eigenvalue weighted by atomic mass is 16.5. The molecule has 0 radical (unpaired) electrons. The molecule has 2 fully saturated rings. The average Bonchev–Trinajstić information content (AvgIpc) is 2.58. The maximum Gasteiger partial charge on any atom is 0.252 e. The molecular weight excluding hydrogens is 306 g/mol. The lowest BCUT2D eigenvalue weighted by Crippen LogP contribution is -2.67. The number of ether oxygens (including phenoxy) is 1. The third kappa shape index (κ3) is 3.59. The fraction of sp³-hybridized carbons (Fsp3) is 0.611. The third-order valence-electron chi connectivity index (χ3n) is 4.87. The van der Waals surface area contributed by atoms with Gasteiger partial charge in [0.1, 0.15) is 5.60 Å². The molecule has 0 aliphatic carbocycles. The highest BCUT2D eigenvalue weighted by molar-refractivity contribution is 5.93. The molecule has 3 rings (SSSR count). The van der Waals surface area contributed by atoms with Crippen LogP contribution in [0.5, 0.6) is 0 Å². The van der Waals surface area contributed by atoms with Gasteiger partial charge in [0.15, 0.2) is 0 Å². The van der Waals surface area contributed by atoms with E-state index in [9.17, 15) is 9.59 Å². The van der Waals surface area contributed by atoms with Gasteiger partial charge in [0.2, 0.25) is 5.91 Å². The van der Waals surface area contributed by atoms with E-state index >= 15 is 0 Å². The molecule has 1 N–H and O–H groups in total. The normalized spacial score (nSPS) is 22.3. The fourth-order valence-corrected chi connectivity index (χ4v) is 3.33. The van der Waals surface area contributed by atoms with E-state index in [1.807, 2.05) is 18.7 Å². The summed E-state index contributed by atoms with van der Waals surface area (Å²) in [5, 5.41) is 2.95. The van der Waals surface area contributed by atoms with Crippen LogP contribution in [0, 0.1) is 11.8 Å². The highest BCUT2D eigenvalue weighted by Gasteiger charge is 2.48. The topological polar surface area (TPSA) is 71.5 Å². The molecule has 0 aromatic carbocycles. The Morgan fingerprint density at radius 1 is 1.46 bits per heavy atom. The van der Waals surface area contributed by atoms with Crippen molar-refractivity contribution in [2.24, 2.45) is 11.8 Å². The van der Waals surface area contributed by atoms with Crippen LogP contribution in [0.2, 0.25) is 0 Å². The third-order valence-corrected chi connectivity index (χ3v) is 4.87. The van der Waals surface area contributed by atoms with Gasteiger partial charge >= 0.3 is 0 Å². The smallest absolute Gasteiger partial charge is 0.252 e. The Morgan fingerprint density at radius 2 is 2.25 bits per heavy atom. The Morgan fingerprint density at radius 3 is 2.83 bits per heavy atom. The number of rotatable bonds is 4. The maximum absolute atomic E-state index is 12.0. The molecule has 2 aliphatic heterocycles. The molecule has 6 nitrogen and oxygen atoms in total. The molecule has 3 heterocycles. The van der Waals surface area contributed by atoms with Crippen molar-refractivity contribution in [2.45, 2.75) is 32.3 Å². The van der Waals surface area contributed by atoms with E-state index in [0.29, 0.717) is 37.7 Å². The summed E-state index contributed by atoms with van der Waals surface area (Å²) in [6.07, 6.45) is 5.17. The second-order valence-electron chi connectivity index (χ2n) is 7.20. The molecule has 1 spiro atoms. The number of carbonyl (C=O) groups excluding carboxylic acids is 2. The first kappa shape index (κ1) is 16.9. The average molecular weight is 331 g/mol. The molecule has 2 saturated heterocycles. The van der Waals surface area contributed by atoms with E-state index in [4.69, 9.17) is 4.74 Å². The largest absolute Gasteiger partial charge is 0.371 e. The zero-order valence-electron chi connectivity index (χ0n) is 14.3. The number of amides is 2. The quantitative estimate of drug-likeness (QED) is 0.907. The summed E-state index contributed by atoms with van der Waals surface area (Å²) in [5.41, 5.74) is 0.432. The minimum Gasteiger partial charge on any atom is -0.371 e. The van der Waals surface area contributed by atoms with Crippen molar-refractivity contribution in [1.82, 2.24) is 15.2 Å². The van der Waals surface area contributed by atoms with Gasteiger partial charge in [-0.2, -0.15) is 0 Å². The molecule has 6 heteroatoms. The molecule has 0 bridgehead atoms. The second-order valence-corrected chi connectivity index (χ2v) is 7.20. The minimum atomic E-state index is -0.144. The van der Waals surface area contributed by atoms with Crippen molar-refractivity contribution < 1.29 is 14.3 Å². The van der Waals surface area contributed by atoms with Gasteiger partial charge in [-0.15, -0.1) is 0 Å². The summed E-state index contributed by atoms with van der Waals surface area (Å²) >= 11 is 0. The van der Waals surface area contributed by atoms with Gasteiger partial charge in [-0.1, -0.05) is 13.8 Å². The zero-order chi connectivity index (χ0) is 17.2. The molecule has 1 aromatic heterocycles. The first-order valence-electron chi connectivity index (χ1n) is 8.60. The Hall–Kier alpha value is -1.95. The van der Waals surface area contributed by atoms with E-state index in [1.165, 1.54) is 0 Å². The van der Waals surface area contributed by atoms with Crippen LogP contribution in [-0.2, 0) is 9.53 Å². The van der Waals surface area contributed by atoms with E-state index in [0.717, 1.165) is 12.8 Å². The maximum atomic E-state index is 12.0. The van der Waals surface area contributed by atoms with Crippen molar-refractivity contribution in [3.8, 4) is 0 Å². The Kier molecular flexibility index (Phi) is 4.85. The molecular formula is C18H25N3O3. The number of hydrogen-bond donors (Lipinski definition) is 1. The summed E-state index contributed by atoms with van der Waals surface area (Å²) in [5.74, 6) is 0.475. The van der Waals surface area contributed by atoms with Crippen molar-refractivity contribution in [3.05, 3.63) is 30.1 Å². The van der Waals surface area contributed by atoms with Crippen LogP contribution < -0.4 is 5.32 Å². The van der Waals surface area contributed by atoms with Crippen LogP contribution in [0.3, 0.4) is 0 Å². The molecule has 2 amide bonds. The lowest BCUT2D eigenvalue weighted by molar-refractivity contribution is -0.190. The first-order chi connectivity index (χ1) is 11.5. The van der Waals surface area contributed by atoms with Gasteiger partial charge in [-0.3, -0.25) is 14.6 Å². The second kappa shape index (κ2) is 6.89. The molecule has 1 aromatic rings. The number of nitrogens with one attached hydrogen (secondary N) is 1. The zero-order valence-corrected chi connectivity index (χ0v) is 14.3. The minimum absolute atomic E-state index is 0.0429. The van der Waals surface area contributed by atoms with E-state index in [1.54, 1.807) is 24.5 Å². The van der Waals surface area contributed by atoms with Gasteiger partial charge in [0.05, 0.1) is 25.3 Å². The lowest BCUT2D eigenvalue weighted by atomic mass is 9.82. The number of aromatic nitrogens is 1. The van der Waals surface area contributed by atoms with Crippen molar-refractivity contribution in [2.75, 3.05) is 26.2 Å². The molecule has 0 saturated carbocycles. The molecule has 130 valence electrons. The SMILES string of the molecule is CC(C)C(=O)N1CC2(CCC(CNC(=O)c3cccnc3)CO2)C1. The monoisotopic (exact) mass is 331 g/mol. The number of carbonyl (C=O) groups is 2. The van der Waals surface area contributed by atoms with Crippen LogP contribution in [0.4, 0.5) is 0 Å². The predicted octanol–water partition coefficient (Wildman–Crippen LogP) is 1.47. The van der Waals surface area contributed by atoms with Gasteiger partial charge in [-0.25, -0.2) is 0 Å². The lowest BCUT2D eigenvalue weighted by Gasteiger charge is -2.53. The summed E-state index contributed by atoms with van der Waals surface area (Å²) < 4.78 is 6.05. The van der Waals surface area contributed by atoms with Crippen LogP contribution in [0.25, 0.3) is 0 Å². The molecule has 2 aliphatic rings. The highest BCUT2D eigenvalue weighted by Crippen LogP contribution is 2.36. The number of nitrogens with zero attached hydrogens (tertiary/aromatic N) is 2. The number of hydrogen-bond acceptors (Lipinski definition) is 4. The van der Waals surface area contributed by atoms with E-state index in [-0.39, 0.29) is 23.3 Å². The number of likely N-dealkylation sites (tertiary alicyclic amines) is 1. The summed E-state index contributed by atoms with van der Waals surface area (Å²) in [7, 11) is 0. The van der Waals surface area contributed by atoms with Gasteiger partial charge in [-0.05, 0) is 30.9 Å². The van der Waals surface area contributed by atoms with Crippen LogP contribution in [0.15, 0.2) is 24.5 Å². The fourth-order valence-electron chi connectivity index (χ4n) is 3.33. The molecule has 1 atom stereocenters. The predicted molar refractivity (Wildman–Crippen MR) is 89.4 cm³/mol. The first-order valence-corrected chi connectivity index (χ1v) is 8.60.